The van der Waals surface area contributed by atoms with Crippen molar-refractivity contribution in [2.45, 2.75) is 64.3 Å². The number of hydrogen-bond acceptors (Lipinski definition) is 24. The highest BCUT2D eigenvalue weighted by molar-refractivity contribution is 7.35. The highest BCUT2D eigenvalue weighted by Gasteiger charge is 2.65. The topological polar surface area (TPSA) is 305 Å². The minimum absolute atomic E-state index is 0.00674. The largest absolute Gasteiger partial charge is 0.459 e. The van der Waals surface area contributed by atoms with Gasteiger partial charge < -0.3 is 28.4 Å². The van der Waals surface area contributed by atoms with Crippen LogP contribution in [-0.4, -0.2) is 80.9 Å². The summed E-state index contributed by atoms with van der Waals surface area (Å²) in [5, 5.41) is 20.7. The van der Waals surface area contributed by atoms with Crippen LogP contribution in [0, 0.1) is 22.7 Å². The molecular weight excluding hydrogens is 1410 g/mol. The molecule has 22 nitrogen and oxygen atoms in total. The summed E-state index contributed by atoms with van der Waals surface area (Å²) in [4.78, 5) is 160. The smallest absolute Gasteiger partial charge is 0.424 e. The number of carbonyl (C=O) groups is 10. The Hall–Kier alpha value is -12.7. The predicted octanol–water partition coefficient (Wildman–Crippen LogP) is 13.8. The fourth-order valence-corrected chi connectivity index (χ4v) is 18.0. The van der Waals surface area contributed by atoms with Gasteiger partial charge >= 0.3 is 36.1 Å². The van der Waals surface area contributed by atoms with E-state index in [4.69, 9.17) is 38.4 Å². The van der Waals surface area contributed by atoms with E-state index < -0.39 is 93.1 Å². The summed E-state index contributed by atoms with van der Waals surface area (Å²) in [5.74, 6) is -9.64. The summed E-state index contributed by atoms with van der Waals surface area (Å²) in [6, 6.07) is 57.7. The van der Waals surface area contributed by atoms with Gasteiger partial charge in [-0.25, -0.2) is 19.6 Å². The maximum absolute atomic E-state index is 16.2. The maximum Gasteiger partial charge on any atom is 0.424 e. The molecule has 0 spiro atoms. The SMILES string of the molecule is CC1=C(C#N)C(=O)N(C(=O)OCc2ccccc2)C(=O)C1=Nc1cc2c(s1)-c1sc3c4c(sc3c1C2(C(=O)OCc1ccccc1)C(=O)OCc1ccccc1)-c1sc(N=C2C(=O)N(C(=O)OCc3ccccc3)C(=O)C(C#N)=C2C)cc1C4(C(=O)OCc1ccccc1)C(=O)OCc1ccccc1. The van der Waals surface area contributed by atoms with E-state index in [1.165, 1.54) is 26.0 Å². The lowest BCUT2D eigenvalue weighted by Gasteiger charge is -2.27. The molecule has 0 saturated carbocycles. The minimum atomic E-state index is -2.64. The van der Waals surface area contributed by atoms with E-state index >= 15 is 19.2 Å². The number of imide groups is 6. The van der Waals surface area contributed by atoms with Crippen LogP contribution in [0.25, 0.3) is 28.9 Å². The first-order valence-electron chi connectivity index (χ1n) is 31.8. The third-order valence-corrected chi connectivity index (χ3v) is 22.5. The second-order valence-electron chi connectivity index (χ2n) is 23.8. The van der Waals surface area contributed by atoms with E-state index in [1.807, 2.05) is 0 Å². The van der Waals surface area contributed by atoms with Crippen LogP contribution in [-0.2, 0) is 117 Å². The number of amides is 6. The van der Waals surface area contributed by atoms with Crippen LogP contribution in [0.5, 0.6) is 0 Å². The molecule has 104 heavy (non-hydrogen) atoms. The lowest BCUT2D eigenvalue weighted by molar-refractivity contribution is -0.166. The number of aliphatic imine (C=N–C) groups is 2. The molecule has 0 bridgehead atoms. The predicted molar refractivity (Wildman–Crippen MR) is 381 cm³/mol. The third-order valence-electron chi connectivity index (χ3n) is 17.6. The monoisotopic (exact) mass is 1450 g/mol. The van der Waals surface area contributed by atoms with Gasteiger partial charge in [0.05, 0.1) is 28.9 Å². The molecule has 10 aromatic rings. The molecular formula is C78H50N6O16S4. The number of benzene rings is 6. The van der Waals surface area contributed by atoms with Crippen molar-refractivity contribution in [2.24, 2.45) is 9.98 Å². The first-order chi connectivity index (χ1) is 50.5. The lowest BCUT2D eigenvalue weighted by Crippen LogP contribution is -2.50. The van der Waals surface area contributed by atoms with Crippen molar-refractivity contribution in [3.63, 3.8) is 0 Å². The molecule has 6 heterocycles. The van der Waals surface area contributed by atoms with E-state index in [0.29, 0.717) is 33.4 Å². The van der Waals surface area contributed by atoms with E-state index in [-0.39, 0.29) is 122 Å². The number of nitriles is 2. The van der Waals surface area contributed by atoms with Crippen molar-refractivity contribution >= 4 is 136 Å². The average Bonchev–Trinajstić information content (AvgIpc) is 1.49. The Bertz CT molecular complexity index is 5040. The zero-order valence-electron chi connectivity index (χ0n) is 54.6. The average molecular weight is 1460 g/mol. The van der Waals surface area contributed by atoms with Gasteiger partial charge in [0.2, 0.25) is 10.8 Å². The summed E-state index contributed by atoms with van der Waals surface area (Å²) in [7, 11) is 0. The fraction of sp³-hybridized carbons (Fsp3) is 0.128. The first kappa shape index (κ1) is 68.4. The van der Waals surface area contributed by atoms with Gasteiger partial charge in [0, 0.05) is 33.4 Å². The van der Waals surface area contributed by atoms with Crippen LogP contribution >= 0.6 is 45.3 Å². The Morgan fingerprint density at radius 1 is 0.375 bits per heavy atom. The van der Waals surface area contributed by atoms with Crippen molar-refractivity contribution in [3.8, 4) is 31.6 Å². The third kappa shape index (κ3) is 12.0. The molecule has 2 aliphatic carbocycles. The Morgan fingerprint density at radius 2 is 0.635 bits per heavy atom. The van der Waals surface area contributed by atoms with Gasteiger partial charge in [0.15, 0.2) is 0 Å². The van der Waals surface area contributed by atoms with Crippen molar-refractivity contribution < 1.29 is 76.4 Å². The molecule has 0 unspecified atom stereocenters. The van der Waals surface area contributed by atoms with Crippen LogP contribution in [0.3, 0.4) is 0 Å². The van der Waals surface area contributed by atoms with Crippen molar-refractivity contribution in [1.82, 2.24) is 9.80 Å². The maximum atomic E-state index is 16.2. The second kappa shape index (κ2) is 28.4. The Labute approximate surface area is 606 Å². The number of ether oxygens (including phenoxy) is 6. The molecule has 0 N–H and O–H groups in total. The van der Waals surface area contributed by atoms with Crippen molar-refractivity contribution in [2.75, 3.05) is 0 Å². The van der Waals surface area contributed by atoms with Crippen LogP contribution < -0.4 is 0 Å². The highest BCUT2D eigenvalue weighted by Crippen LogP contribution is 2.68. The molecule has 0 saturated heterocycles. The van der Waals surface area contributed by atoms with E-state index in [1.54, 1.807) is 194 Å². The van der Waals surface area contributed by atoms with Gasteiger partial charge in [-0.05, 0) is 59.4 Å². The van der Waals surface area contributed by atoms with E-state index in [9.17, 15) is 39.3 Å². The van der Waals surface area contributed by atoms with Crippen molar-refractivity contribution in [1.29, 1.82) is 10.5 Å². The standard InChI is InChI=1S/C78H50N6O16S4/c1-43-51(35-79)67(85)83(75(93)99-41-49-29-17-7-18-30-49)69(87)59(43)81-55-33-53-61(101-55)63-57(77(53,71(89)95-37-45-21-9-3-10-22-45)72(90)96-38-46-23-11-4-12-24-46)65-66(103-63)58-64(104-65)62-54(78(58,73(91)97-39-47-25-13-5-14-26-47)74(92)98-40-48-27-15-6-16-28-48)34-56(102-62)82-60-44(2)52(36-80)68(86)84(70(60)88)76(94)100-42-50-31-19-8-20-32-50/h3-34H,37-42H2,1-2H3. The summed E-state index contributed by atoms with van der Waals surface area (Å²) in [6.45, 7) is 0.377. The fourth-order valence-electron chi connectivity index (χ4n) is 12.5. The second-order valence-corrected chi connectivity index (χ2v) is 27.9. The molecule has 6 amide bonds. The molecule has 14 rings (SSSR count). The number of nitrogens with zero attached hydrogens (tertiary/aromatic N) is 6. The van der Waals surface area contributed by atoms with Gasteiger partial charge in [0.25, 0.3) is 23.6 Å². The summed E-state index contributed by atoms with van der Waals surface area (Å²) < 4.78 is 36.4. The first-order valence-corrected chi connectivity index (χ1v) is 35.1. The van der Waals surface area contributed by atoms with Gasteiger partial charge in [-0.3, -0.25) is 38.4 Å². The highest BCUT2D eigenvalue weighted by atomic mass is 32.1. The van der Waals surface area contributed by atoms with Gasteiger partial charge in [-0.15, -0.1) is 45.3 Å². The normalized spacial score (nSPS) is 15.4. The van der Waals surface area contributed by atoms with Crippen LogP contribution in [0.15, 0.2) is 226 Å². The summed E-state index contributed by atoms with van der Waals surface area (Å²) in [6.07, 6.45) is -2.79. The molecule has 26 heteroatoms. The van der Waals surface area contributed by atoms with Crippen LogP contribution in [0.1, 0.15) is 69.5 Å². The van der Waals surface area contributed by atoms with Gasteiger partial charge in [-0.2, -0.15) is 20.3 Å². The van der Waals surface area contributed by atoms with Gasteiger partial charge in [-0.1, -0.05) is 182 Å². The van der Waals surface area contributed by atoms with Crippen LogP contribution in [0.4, 0.5) is 19.6 Å². The Kier molecular flexibility index (Phi) is 18.7. The number of rotatable bonds is 18. The molecule has 4 aliphatic rings. The molecule has 4 aromatic heterocycles. The number of thiophene rings is 4. The lowest BCUT2D eigenvalue weighted by atomic mass is 9.77. The summed E-state index contributed by atoms with van der Waals surface area (Å²) in [5.41, 5.74) is -4.92. The minimum Gasteiger partial charge on any atom is -0.459 e. The number of esters is 4. The molecule has 0 radical (unpaired) electrons. The summed E-state index contributed by atoms with van der Waals surface area (Å²) >= 11 is 3.72. The number of hydrogen-bond donors (Lipinski definition) is 0. The quantitative estimate of drug-likeness (QED) is 0.0333. The zero-order valence-corrected chi connectivity index (χ0v) is 57.8. The zero-order chi connectivity index (χ0) is 72.6. The Balaban J connectivity index is 0.984. The number of carbonyl (C=O) groups excluding carboxylic acids is 10. The molecule has 512 valence electrons. The Morgan fingerprint density at radius 3 is 0.894 bits per heavy atom. The molecule has 0 fully saturated rings. The van der Waals surface area contributed by atoms with E-state index in [2.05, 4.69) is 0 Å². The molecule has 2 aliphatic heterocycles. The van der Waals surface area contributed by atoms with Crippen LogP contribution in [0.2, 0.25) is 0 Å². The molecule has 0 atom stereocenters. The van der Waals surface area contributed by atoms with Crippen molar-refractivity contribution in [3.05, 3.63) is 272 Å². The van der Waals surface area contributed by atoms with Gasteiger partial charge in [0.1, 0.15) is 84.4 Å². The molecule has 6 aromatic carbocycles. The van der Waals surface area contributed by atoms with E-state index in [0.717, 1.165) is 45.3 Å². The number of fused-ring (bicyclic) bond motifs is 9.